The molecule has 0 spiro atoms. The molecule has 0 aromatic heterocycles. The zero-order valence-electron chi connectivity index (χ0n) is 80.7. The molecule has 118 heavy (non-hydrogen) atoms. The summed E-state index contributed by atoms with van der Waals surface area (Å²) in [5, 5.41) is 0. The van der Waals surface area contributed by atoms with Crippen molar-refractivity contribution < 1.29 is 45.2 Å². The molecule has 0 rings (SSSR count). The Kier molecular flexibility index (Phi) is 114. The average Bonchev–Trinajstić information content (AvgIpc) is 0.951. The van der Waals surface area contributed by atoms with E-state index in [1.54, 1.807) is 0 Å². The van der Waals surface area contributed by atoms with Gasteiger partial charge in [-0.3, -0.25) is 0 Å². The maximum Gasteiger partial charge on any atom is 3.00 e. The number of rotatable bonds is 96. The first-order chi connectivity index (χ1) is 57.4. The van der Waals surface area contributed by atoms with E-state index in [2.05, 4.69) is 114 Å². The third-order valence-electron chi connectivity index (χ3n) is 24.1. The summed E-state index contributed by atoms with van der Waals surface area (Å²) in [5.41, 5.74) is 0. The molecule has 0 saturated heterocycles. The van der Waals surface area contributed by atoms with Crippen LogP contribution in [-0.4, -0.2) is 37.0 Å². The zero-order chi connectivity index (χ0) is 85.6. The number of hydrogen-bond acceptors (Lipinski definition) is 6. The van der Waals surface area contributed by atoms with Gasteiger partial charge in [0, 0.05) is 22.1 Å². The predicted molar refractivity (Wildman–Crippen MR) is 529 cm³/mol. The van der Waals surface area contributed by atoms with E-state index in [0.717, 1.165) is 77.0 Å². The maximum absolute atomic E-state index is 12.3. The second-order valence-corrected chi connectivity index (χ2v) is 44.0. The first-order valence-electron chi connectivity index (χ1n) is 53.1. The van der Waals surface area contributed by atoms with Gasteiger partial charge in [-0.2, -0.15) is 0 Å². The minimum Gasteiger partial charge on any atom is -0.799 e. The minimum absolute atomic E-state index is 0. The van der Waals surface area contributed by atoms with Gasteiger partial charge in [-0.25, -0.2) is 0 Å². The van der Waals surface area contributed by atoms with Crippen LogP contribution in [-0.2, 0) is 30.5 Å². The van der Waals surface area contributed by atoms with Gasteiger partial charge in [-0.1, -0.05) is 461 Å². The summed E-state index contributed by atoms with van der Waals surface area (Å²) in [7, 11) is -9.41. The molecule has 0 atom stereocenters. The first kappa shape index (κ1) is 124. The Morgan fingerprint density at radius 2 is 0.212 bits per heavy atom. The van der Waals surface area contributed by atoms with E-state index in [-0.39, 0.29) is 16.8 Å². The monoisotopic (exact) mass is 1760 g/mol. The van der Waals surface area contributed by atoms with Crippen LogP contribution < -0.4 is 14.7 Å². The molecule has 0 aromatic carbocycles. The molecular formula is C108H210CoO6P3. The Labute approximate surface area is 752 Å². The molecule has 0 unspecified atom stereocenters. The molecule has 0 N–H and O–H groups in total. The number of hydrogen-bond donors (Lipinski definition) is 0. The normalized spacial score (nSPS) is 12.3. The Morgan fingerprint density at radius 3 is 0.305 bits per heavy atom. The molecule has 0 amide bonds. The summed E-state index contributed by atoms with van der Waals surface area (Å²) in [4.78, 5) is 37.0. The fourth-order valence-corrected chi connectivity index (χ4v) is 20.8. The van der Waals surface area contributed by atoms with E-state index in [0.29, 0.717) is 37.0 Å². The van der Waals surface area contributed by atoms with Crippen LogP contribution in [0.5, 0.6) is 0 Å². The molecule has 0 heterocycles. The van der Waals surface area contributed by atoms with Gasteiger partial charge >= 0.3 is 16.8 Å². The summed E-state index contributed by atoms with van der Waals surface area (Å²) in [6.07, 6.45) is 137. The quantitative estimate of drug-likeness (QED) is 0.0340. The van der Waals surface area contributed by atoms with Crippen LogP contribution in [0.1, 0.15) is 581 Å². The number of unbranched alkanes of at least 4 members (excludes halogenated alkanes) is 72. The Balaban J connectivity index is -0.000000823. The van der Waals surface area contributed by atoms with Gasteiger partial charge in [-0.05, 0) is 230 Å². The van der Waals surface area contributed by atoms with E-state index in [1.807, 2.05) is 0 Å². The number of allylic oxidation sites excluding steroid dienone is 12. The van der Waals surface area contributed by atoms with E-state index in [1.165, 1.54) is 462 Å². The van der Waals surface area contributed by atoms with Crippen molar-refractivity contribution >= 4 is 22.1 Å². The van der Waals surface area contributed by atoms with Gasteiger partial charge in [-0.15, -0.1) is 0 Å². The molecule has 0 fully saturated rings. The van der Waals surface area contributed by atoms with Crippen molar-refractivity contribution in [3.05, 3.63) is 72.9 Å². The van der Waals surface area contributed by atoms with Gasteiger partial charge in [0.25, 0.3) is 0 Å². The maximum atomic E-state index is 12.3. The van der Waals surface area contributed by atoms with Crippen LogP contribution >= 0.6 is 22.1 Å². The third-order valence-corrected chi connectivity index (χ3v) is 30.0. The van der Waals surface area contributed by atoms with Crippen LogP contribution in [0.25, 0.3) is 0 Å². The standard InChI is InChI=1S/3C36H71O2P.Co/c3*1-3-5-7-9-11-13-15-17-19-21-23-25-27-29-31-33-35-39(37,38)36-34-32-30-28-26-24-22-20-18-16-14-12-10-8-6-4-2;/h3*17-20H,3-16,21-36H2,1-2H3,(H,37,38);/q;;;+3/p-3/b3*19-17-,20-18-;. The van der Waals surface area contributed by atoms with Crippen molar-refractivity contribution in [1.29, 1.82) is 0 Å². The Hall–Kier alpha value is -0.484. The summed E-state index contributed by atoms with van der Waals surface area (Å²) in [5.74, 6) is 0. The van der Waals surface area contributed by atoms with Crippen molar-refractivity contribution in [1.82, 2.24) is 0 Å². The van der Waals surface area contributed by atoms with Crippen molar-refractivity contribution in [2.24, 2.45) is 0 Å². The van der Waals surface area contributed by atoms with Crippen LogP contribution in [0.15, 0.2) is 72.9 Å². The molecule has 0 bridgehead atoms. The van der Waals surface area contributed by atoms with Gasteiger partial charge < -0.3 is 28.4 Å². The van der Waals surface area contributed by atoms with E-state index < -0.39 is 22.1 Å². The topological polar surface area (TPSA) is 120 Å². The summed E-state index contributed by atoms with van der Waals surface area (Å²) in [6.45, 7) is 13.6. The molecule has 0 aliphatic carbocycles. The predicted octanol–water partition coefficient (Wildman–Crippen LogP) is 38.1. The van der Waals surface area contributed by atoms with Crippen LogP contribution in [0.3, 0.4) is 0 Å². The minimum atomic E-state index is -3.14. The zero-order valence-corrected chi connectivity index (χ0v) is 84.4. The fraction of sp³-hybridized carbons (Fsp3) is 0.889. The molecule has 0 aromatic rings. The summed E-state index contributed by atoms with van der Waals surface area (Å²) >= 11 is 0. The molecule has 0 aliphatic heterocycles. The Morgan fingerprint density at radius 1 is 0.136 bits per heavy atom. The van der Waals surface area contributed by atoms with Crippen molar-refractivity contribution in [2.45, 2.75) is 581 Å². The smallest absolute Gasteiger partial charge is 0.799 e. The van der Waals surface area contributed by atoms with Crippen LogP contribution in [0.4, 0.5) is 0 Å². The molecule has 0 aliphatic rings. The molecule has 0 saturated carbocycles. The van der Waals surface area contributed by atoms with Crippen molar-refractivity contribution in [3.8, 4) is 0 Å². The molecule has 6 nitrogen and oxygen atoms in total. The van der Waals surface area contributed by atoms with E-state index in [4.69, 9.17) is 0 Å². The fourth-order valence-electron chi connectivity index (χ4n) is 15.9. The average molecular weight is 1760 g/mol. The summed E-state index contributed by atoms with van der Waals surface area (Å²) < 4.78 is 37.0. The molecule has 10 heteroatoms. The SMILES string of the molecule is CCCCCCCC/C=C\CCCCCCCCP(=O)([O-])CCCCCCCC/C=C\CCCCCCCC.CCCCCCCC/C=C\CCCCCCCCP(=O)([O-])CCCCCCCC/C=C\CCCCCCCC.CCCCCCCC/C=C\CCCCCCCCP(=O)([O-])CCCCCCCC/C=C\CCCCCCCC.[Co+3]. The molecule has 0 radical (unpaired) electrons. The van der Waals surface area contributed by atoms with Gasteiger partial charge in [0.05, 0.1) is 0 Å². The largest absolute Gasteiger partial charge is 3.00 e. The second kappa shape index (κ2) is 109. The van der Waals surface area contributed by atoms with Crippen LogP contribution in [0, 0.1) is 0 Å². The van der Waals surface area contributed by atoms with Gasteiger partial charge in [0.2, 0.25) is 0 Å². The second-order valence-electron chi connectivity index (χ2n) is 36.4. The van der Waals surface area contributed by atoms with Gasteiger partial charge in [0.1, 0.15) is 0 Å². The van der Waals surface area contributed by atoms with Crippen LogP contribution in [0.2, 0.25) is 0 Å². The first-order valence-corrected chi connectivity index (χ1v) is 59.1. The molecular weight excluding hydrogens is 1550 g/mol. The summed E-state index contributed by atoms with van der Waals surface area (Å²) in [6, 6.07) is 0. The van der Waals surface area contributed by atoms with E-state index >= 15 is 0 Å². The molecule has 702 valence electrons. The third kappa shape index (κ3) is 118. The van der Waals surface area contributed by atoms with Crippen molar-refractivity contribution in [2.75, 3.05) is 37.0 Å². The van der Waals surface area contributed by atoms with Crippen molar-refractivity contribution in [3.63, 3.8) is 0 Å². The van der Waals surface area contributed by atoms with E-state index in [9.17, 15) is 28.4 Å². The Bertz CT molecular complexity index is 1810. The van der Waals surface area contributed by atoms with Gasteiger partial charge in [0.15, 0.2) is 0 Å².